The van der Waals surface area contributed by atoms with E-state index in [1.807, 2.05) is 6.92 Å². The number of carbonyl (C=O) groups is 2. The topological polar surface area (TPSA) is 145 Å². The minimum Gasteiger partial charge on any atom is -0.507 e. The zero-order valence-corrected chi connectivity index (χ0v) is 17.5. The van der Waals surface area contributed by atoms with Crippen molar-refractivity contribution in [2.75, 3.05) is 7.11 Å². The molecule has 30 heavy (non-hydrogen) atoms. The molecule has 2 rings (SSSR count). The number of aldehydes is 1. The quantitative estimate of drug-likeness (QED) is 0.339. The Morgan fingerprint density at radius 3 is 1.97 bits per heavy atom. The average Bonchev–Trinajstić information content (AvgIpc) is 2.73. The van der Waals surface area contributed by atoms with Crippen LogP contribution in [-0.2, 0) is 6.42 Å². The second kappa shape index (κ2) is 8.52. The van der Waals surface area contributed by atoms with Gasteiger partial charge in [-0.05, 0) is 20.3 Å². The minimum atomic E-state index is -0.687. The Hall–Kier alpha value is -3.42. The van der Waals surface area contributed by atoms with Gasteiger partial charge in [0.2, 0.25) is 0 Å². The largest absolute Gasteiger partial charge is 0.507 e. The van der Waals surface area contributed by atoms with Crippen molar-refractivity contribution in [3.8, 4) is 34.5 Å². The van der Waals surface area contributed by atoms with Gasteiger partial charge < -0.3 is 30.3 Å². The van der Waals surface area contributed by atoms with E-state index in [1.54, 1.807) is 6.92 Å². The van der Waals surface area contributed by atoms with Crippen LogP contribution in [0.5, 0.6) is 34.5 Å². The summed E-state index contributed by atoms with van der Waals surface area (Å²) < 4.78 is 5.26. The molecule has 0 aliphatic rings. The van der Waals surface area contributed by atoms with Crippen LogP contribution in [0.3, 0.4) is 0 Å². The molecule has 1 unspecified atom stereocenters. The molecule has 0 fully saturated rings. The number of phenols is 5. The molecular weight excluding hydrogens is 392 g/mol. The Morgan fingerprint density at radius 2 is 1.47 bits per heavy atom. The van der Waals surface area contributed by atoms with Crippen molar-refractivity contribution in [1.29, 1.82) is 0 Å². The molecule has 2 aromatic rings. The number of hydrogen-bond acceptors (Lipinski definition) is 8. The highest BCUT2D eigenvalue weighted by Gasteiger charge is 2.30. The Balaban J connectivity index is 2.82. The monoisotopic (exact) mass is 418 g/mol. The molecule has 8 nitrogen and oxygen atoms in total. The van der Waals surface area contributed by atoms with E-state index in [-0.39, 0.29) is 51.4 Å². The molecule has 0 aliphatic carbocycles. The van der Waals surface area contributed by atoms with Gasteiger partial charge >= 0.3 is 0 Å². The van der Waals surface area contributed by atoms with Crippen LogP contribution >= 0.6 is 0 Å². The van der Waals surface area contributed by atoms with Gasteiger partial charge in [0.1, 0.15) is 40.1 Å². The number of carbonyl (C=O) groups excluding carboxylic acids is 2. The molecule has 0 aromatic heterocycles. The number of benzene rings is 2. The first-order chi connectivity index (χ1) is 14.0. The van der Waals surface area contributed by atoms with Gasteiger partial charge in [-0.2, -0.15) is 0 Å². The van der Waals surface area contributed by atoms with Crippen LogP contribution in [0.25, 0.3) is 0 Å². The van der Waals surface area contributed by atoms with Gasteiger partial charge in [0.25, 0.3) is 0 Å². The lowest BCUT2D eigenvalue weighted by atomic mass is 9.88. The van der Waals surface area contributed by atoms with Crippen LogP contribution < -0.4 is 4.74 Å². The first-order valence-corrected chi connectivity index (χ1v) is 9.40. The number of methoxy groups -OCH3 is 1. The summed E-state index contributed by atoms with van der Waals surface area (Å²) in [6, 6.07) is 0. The highest BCUT2D eigenvalue weighted by molar-refractivity contribution is 6.04. The maximum Gasteiger partial charge on any atom is 0.173 e. The molecule has 0 radical (unpaired) electrons. The fourth-order valence-corrected chi connectivity index (χ4v) is 3.36. The summed E-state index contributed by atoms with van der Waals surface area (Å²) in [5.41, 5.74) is -0.716. The second-order valence-electron chi connectivity index (χ2n) is 7.24. The third kappa shape index (κ3) is 3.49. The average molecular weight is 418 g/mol. The maximum atomic E-state index is 12.9. The van der Waals surface area contributed by atoms with Gasteiger partial charge in [0, 0.05) is 34.6 Å². The Morgan fingerprint density at radius 1 is 0.933 bits per heavy atom. The molecule has 0 heterocycles. The first kappa shape index (κ1) is 22.9. The van der Waals surface area contributed by atoms with Crippen molar-refractivity contribution in [2.24, 2.45) is 5.92 Å². The Bertz CT molecular complexity index is 1020. The van der Waals surface area contributed by atoms with E-state index in [9.17, 15) is 35.1 Å². The lowest BCUT2D eigenvalue weighted by Gasteiger charge is -2.21. The van der Waals surface area contributed by atoms with Crippen LogP contribution in [-0.4, -0.2) is 44.7 Å². The smallest absolute Gasteiger partial charge is 0.173 e. The number of phenolic OH excluding ortho intramolecular Hbond substituents is 5. The molecular formula is C22H26O8. The molecule has 0 spiro atoms. The second-order valence-corrected chi connectivity index (χ2v) is 7.24. The van der Waals surface area contributed by atoms with Crippen molar-refractivity contribution >= 4 is 12.1 Å². The van der Waals surface area contributed by atoms with Crippen molar-refractivity contribution in [1.82, 2.24) is 0 Å². The summed E-state index contributed by atoms with van der Waals surface area (Å²) in [7, 11) is 1.31. The number of Topliss-reactive ketones (excluding diaryl/α,β-unsaturated/α-hetero) is 1. The summed E-state index contributed by atoms with van der Waals surface area (Å²) in [4.78, 5) is 24.2. The van der Waals surface area contributed by atoms with E-state index in [2.05, 4.69) is 0 Å². The fourth-order valence-electron chi connectivity index (χ4n) is 3.36. The van der Waals surface area contributed by atoms with E-state index in [0.29, 0.717) is 6.42 Å². The zero-order chi connectivity index (χ0) is 22.9. The van der Waals surface area contributed by atoms with Crippen molar-refractivity contribution in [3.05, 3.63) is 33.4 Å². The van der Waals surface area contributed by atoms with Gasteiger partial charge in [-0.15, -0.1) is 0 Å². The van der Waals surface area contributed by atoms with Gasteiger partial charge in [0.15, 0.2) is 12.1 Å². The predicted molar refractivity (Wildman–Crippen MR) is 109 cm³/mol. The van der Waals surface area contributed by atoms with E-state index in [1.165, 1.54) is 21.0 Å². The maximum absolute atomic E-state index is 12.9. The molecule has 5 N–H and O–H groups in total. The van der Waals surface area contributed by atoms with Gasteiger partial charge in [-0.25, -0.2) is 0 Å². The van der Waals surface area contributed by atoms with E-state index in [4.69, 9.17) is 4.74 Å². The molecule has 8 heteroatoms. The number of ether oxygens (including phenoxy) is 1. The van der Waals surface area contributed by atoms with Crippen molar-refractivity contribution in [2.45, 2.75) is 40.5 Å². The molecule has 0 amide bonds. The summed E-state index contributed by atoms with van der Waals surface area (Å²) in [6.07, 6.45) is 0.332. The Kier molecular flexibility index (Phi) is 6.50. The predicted octanol–water partition coefficient (Wildman–Crippen LogP) is 3.47. The number of hydrogen-bond donors (Lipinski definition) is 5. The van der Waals surface area contributed by atoms with Crippen LogP contribution in [0, 0.1) is 19.8 Å². The van der Waals surface area contributed by atoms with Crippen LogP contribution in [0.4, 0.5) is 0 Å². The summed E-state index contributed by atoms with van der Waals surface area (Å²) in [5.74, 6) is -3.48. The number of rotatable bonds is 7. The van der Waals surface area contributed by atoms with Gasteiger partial charge in [-0.3, -0.25) is 9.59 Å². The molecule has 1 atom stereocenters. The lowest BCUT2D eigenvalue weighted by Crippen LogP contribution is -2.14. The van der Waals surface area contributed by atoms with E-state index < -0.39 is 40.9 Å². The highest BCUT2D eigenvalue weighted by atomic mass is 16.5. The van der Waals surface area contributed by atoms with Crippen molar-refractivity contribution < 1.29 is 39.9 Å². The molecule has 2 aromatic carbocycles. The summed E-state index contributed by atoms with van der Waals surface area (Å²) in [5, 5.41) is 52.3. The lowest BCUT2D eigenvalue weighted by molar-refractivity contribution is 0.0920. The van der Waals surface area contributed by atoms with Crippen LogP contribution in [0.2, 0.25) is 0 Å². The van der Waals surface area contributed by atoms with Gasteiger partial charge in [-0.1, -0.05) is 13.8 Å². The Labute approximate surface area is 174 Å². The third-order valence-corrected chi connectivity index (χ3v) is 5.51. The third-order valence-electron chi connectivity index (χ3n) is 5.51. The van der Waals surface area contributed by atoms with E-state index in [0.717, 1.165) is 0 Å². The summed E-state index contributed by atoms with van der Waals surface area (Å²) >= 11 is 0. The molecule has 0 saturated heterocycles. The highest BCUT2D eigenvalue weighted by Crippen LogP contribution is 2.47. The fraction of sp³-hybridized carbons (Fsp3) is 0.364. The standard InChI is InChI=1S/C22H26O8/c1-6-9(2)16(24)15-21(29)13(19(27)11(4)22(15)30-5)7-12-17(25)10(3)18(26)14(8-23)20(12)28/h8-9,25-29H,6-7H2,1-5H3. The van der Waals surface area contributed by atoms with E-state index >= 15 is 0 Å². The van der Waals surface area contributed by atoms with Gasteiger partial charge in [0.05, 0.1) is 12.7 Å². The molecule has 0 saturated carbocycles. The summed E-state index contributed by atoms with van der Waals surface area (Å²) in [6.45, 7) is 6.36. The number of aromatic hydroxyl groups is 5. The minimum absolute atomic E-state index is 0.0305. The molecule has 0 bridgehead atoms. The normalized spacial score (nSPS) is 11.9. The number of ketones is 1. The SMILES string of the molecule is CCC(C)C(=O)c1c(O)c(Cc2c(O)c(C)c(O)c(C=O)c2O)c(O)c(C)c1OC. The first-order valence-electron chi connectivity index (χ1n) is 9.40. The molecule has 0 aliphatic heterocycles. The van der Waals surface area contributed by atoms with Crippen LogP contribution in [0.1, 0.15) is 63.2 Å². The van der Waals surface area contributed by atoms with Crippen molar-refractivity contribution in [3.63, 3.8) is 0 Å². The molecule has 162 valence electrons. The van der Waals surface area contributed by atoms with Crippen LogP contribution in [0.15, 0.2) is 0 Å². The zero-order valence-electron chi connectivity index (χ0n) is 17.5.